The minimum absolute atomic E-state index is 0.620. The van der Waals surface area contributed by atoms with Crippen molar-refractivity contribution in [1.82, 2.24) is 19.9 Å². The molecule has 0 amide bonds. The lowest BCUT2D eigenvalue weighted by Gasteiger charge is -2.09. The fourth-order valence-corrected chi connectivity index (χ4v) is 2.95. The van der Waals surface area contributed by atoms with Gasteiger partial charge in [0.2, 0.25) is 0 Å². The summed E-state index contributed by atoms with van der Waals surface area (Å²) in [5, 5.41) is 3.41. The van der Waals surface area contributed by atoms with Crippen LogP contribution >= 0.6 is 0 Å². The third kappa shape index (κ3) is 3.73. The molecule has 7 nitrogen and oxygen atoms in total. The van der Waals surface area contributed by atoms with Crippen LogP contribution in [0.15, 0.2) is 54.9 Å². The average Bonchev–Trinajstić information content (AvgIpc) is 3.23. The summed E-state index contributed by atoms with van der Waals surface area (Å²) >= 11 is 0. The van der Waals surface area contributed by atoms with Crippen molar-refractivity contribution in [2.24, 2.45) is 0 Å². The molecule has 0 saturated heterocycles. The highest BCUT2D eigenvalue weighted by atomic mass is 16.5. The van der Waals surface area contributed by atoms with Crippen LogP contribution in [0, 0.1) is 0 Å². The van der Waals surface area contributed by atoms with E-state index in [9.17, 15) is 0 Å². The number of H-pyrrole nitrogens is 1. The molecule has 2 N–H and O–H groups in total. The van der Waals surface area contributed by atoms with Gasteiger partial charge in [-0.05, 0) is 48.4 Å². The van der Waals surface area contributed by atoms with Gasteiger partial charge in [0.25, 0.3) is 0 Å². The Balaban J connectivity index is 1.54. The fourth-order valence-electron chi connectivity index (χ4n) is 2.95. The number of imidazole rings is 1. The van der Waals surface area contributed by atoms with Gasteiger partial charge in [-0.3, -0.25) is 0 Å². The second-order valence-corrected chi connectivity index (χ2v) is 6.25. The maximum atomic E-state index is 5.22. The zero-order valence-corrected chi connectivity index (χ0v) is 15.8. The van der Waals surface area contributed by atoms with Gasteiger partial charge >= 0.3 is 0 Å². The highest BCUT2D eigenvalue weighted by Gasteiger charge is 2.11. The SMILES string of the molecule is COc1ccc(CCNc2nc(-c3ccc(OC)cc3)nc3nc[nH]c23)cc1. The van der Waals surface area contributed by atoms with Gasteiger partial charge in [0.1, 0.15) is 17.0 Å². The molecule has 28 heavy (non-hydrogen) atoms. The molecule has 0 fully saturated rings. The molecule has 0 spiro atoms. The normalized spacial score (nSPS) is 10.8. The van der Waals surface area contributed by atoms with Crippen molar-refractivity contribution in [3.8, 4) is 22.9 Å². The molecular weight excluding hydrogens is 354 g/mol. The van der Waals surface area contributed by atoms with Gasteiger partial charge in [0, 0.05) is 12.1 Å². The summed E-state index contributed by atoms with van der Waals surface area (Å²) in [4.78, 5) is 16.7. The van der Waals surface area contributed by atoms with Crippen molar-refractivity contribution >= 4 is 17.0 Å². The van der Waals surface area contributed by atoms with Crippen molar-refractivity contribution in [2.45, 2.75) is 6.42 Å². The van der Waals surface area contributed by atoms with Crippen molar-refractivity contribution in [3.05, 3.63) is 60.4 Å². The second-order valence-electron chi connectivity index (χ2n) is 6.25. The maximum absolute atomic E-state index is 5.22. The number of nitrogens with zero attached hydrogens (tertiary/aromatic N) is 3. The Hall–Kier alpha value is -3.61. The van der Waals surface area contributed by atoms with E-state index in [4.69, 9.17) is 14.5 Å². The van der Waals surface area contributed by atoms with Crippen LogP contribution in [0.2, 0.25) is 0 Å². The van der Waals surface area contributed by atoms with Gasteiger partial charge < -0.3 is 19.8 Å². The number of hydrogen-bond donors (Lipinski definition) is 2. The number of aromatic nitrogens is 4. The molecule has 4 rings (SSSR count). The van der Waals surface area contributed by atoms with Gasteiger partial charge in [-0.2, -0.15) is 0 Å². The van der Waals surface area contributed by atoms with Crippen molar-refractivity contribution in [2.75, 3.05) is 26.1 Å². The molecule has 0 saturated carbocycles. The van der Waals surface area contributed by atoms with Crippen LogP contribution in [-0.2, 0) is 6.42 Å². The lowest BCUT2D eigenvalue weighted by atomic mass is 10.1. The van der Waals surface area contributed by atoms with Crippen LogP contribution in [0.4, 0.5) is 5.82 Å². The second kappa shape index (κ2) is 7.96. The number of methoxy groups -OCH3 is 2. The molecule has 0 unspecified atom stereocenters. The molecule has 0 aliphatic heterocycles. The van der Waals surface area contributed by atoms with Gasteiger partial charge in [0.15, 0.2) is 17.3 Å². The molecule has 2 aromatic carbocycles. The van der Waals surface area contributed by atoms with Crippen LogP contribution in [0.3, 0.4) is 0 Å². The van der Waals surface area contributed by atoms with E-state index in [-0.39, 0.29) is 0 Å². The molecule has 0 aliphatic carbocycles. The fraction of sp³-hybridized carbons (Fsp3) is 0.190. The molecule has 0 aliphatic rings. The van der Waals surface area contributed by atoms with E-state index in [2.05, 4.69) is 32.4 Å². The Bertz CT molecular complexity index is 1060. The van der Waals surface area contributed by atoms with E-state index in [1.54, 1.807) is 20.5 Å². The Morgan fingerprint density at radius 3 is 2.25 bits per heavy atom. The highest BCUT2D eigenvalue weighted by Crippen LogP contribution is 2.24. The zero-order valence-electron chi connectivity index (χ0n) is 15.8. The maximum Gasteiger partial charge on any atom is 0.183 e. The summed E-state index contributed by atoms with van der Waals surface area (Å²) in [5.74, 6) is 3.01. The smallest absolute Gasteiger partial charge is 0.183 e. The van der Waals surface area contributed by atoms with E-state index in [1.165, 1.54) is 5.56 Å². The zero-order chi connectivity index (χ0) is 19.3. The summed E-state index contributed by atoms with van der Waals surface area (Å²) in [7, 11) is 3.31. The summed E-state index contributed by atoms with van der Waals surface area (Å²) in [6, 6.07) is 15.7. The molecule has 0 radical (unpaired) electrons. The summed E-state index contributed by atoms with van der Waals surface area (Å²) < 4.78 is 10.4. The number of hydrogen-bond acceptors (Lipinski definition) is 6. The number of nitrogens with one attached hydrogen (secondary N) is 2. The molecule has 2 heterocycles. The Morgan fingerprint density at radius 1 is 0.893 bits per heavy atom. The number of ether oxygens (including phenoxy) is 2. The highest BCUT2D eigenvalue weighted by molar-refractivity contribution is 5.84. The first-order valence-electron chi connectivity index (χ1n) is 8.99. The first-order valence-corrected chi connectivity index (χ1v) is 8.99. The minimum Gasteiger partial charge on any atom is -0.497 e. The van der Waals surface area contributed by atoms with Crippen molar-refractivity contribution in [1.29, 1.82) is 0 Å². The minimum atomic E-state index is 0.620. The largest absolute Gasteiger partial charge is 0.497 e. The molecule has 7 heteroatoms. The lowest BCUT2D eigenvalue weighted by molar-refractivity contribution is 0.414. The first-order chi connectivity index (χ1) is 13.8. The number of anilines is 1. The van der Waals surface area contributed by atoms with Crippen LogP contribution < -0.4 is 14.8 Å². The first kappa shape index (κ1) is 17.8. The molecule has 0 atom stereocenters. The molecular formula is C21H21N5O2. The molecule has 2 aromatic heterocycles. The average molecular weight is 375 g/mol. The molecule has 142 valence electrons. The predicted molar refractivity (Wildman–Crippen MR) is 109 cm³/mol. The molecule has 4 aromatic rings. The Labute approximate surface area is 162 Å². The van der Waals surface area contributed by atoms with Crippen LogP contribution in [0.5, 0.6) is 11.5 Å². The monoisotopic (exact) mass is 375 g/mol. The Morgan fingerprint density at radius 2 is 1.57 bits per heavy atom. The van der Waals surface area contributed by atoms with E-state index >= 15 is 0 Å². The van der Waals surface area contributed by atoms with Gasteiger partial charge in [-0.1, -0.05) is 12.1 Å². The van der Waals surface area contributed by atoms with E-state index in [0.717, 1.165) is 41.4 Å². The number of rotatable bonds is 7. The third-order valence-corrected chi connectivity index (χ3v) is 4.50. The third-order valence-electron chi connectivity index (χ3n) is 4.50. The number of benzene rings is 2. The summed E-state index contributed by atoms with van der Waals surface area (Å²) in [5.41, 5.74) is 3.56. The topological polar surface area (TPSA) is 84.9 Å². The number of fused-ring (bicyclic) bond motifs is 1. The lowest BCUT2D eigenvalue weighted by Crippen LogP contribution is -2.08. The van der Waals surface area contributed by atoms with Gasteiger partial charge in [-0.15, -0.1) is 0 Å². The number of aromatic amines is 1. The Kier molecular flexibility index (Phi) is 5.05. The van der Waals surface area contributed by atoms with E-state index in [1.807, 2.05) is 36.4 Å². The van der Waals surface area contributed by atoms with Crippen molar-refractivity contribution in [3.63, 3.8) is 0 Å². The predicted octanol–water partition coefficient (Wildman–Crippen LogP) is 3.69. The van der Waals surface area contributed by atoms with Crippen LogP contribution in [-0.4, -0.2) is 40.7 Å². The van der Waals surface area contributed by atoms with Crippen LogP contribution in [0.25, 0.3) is 22.6 Å². The quantitative estimate of drug-likeness (QED) is 0.512. The van der Waals surface area contributed by atoms with E-state index in [0.29, 0.717) is 11.5 Å². The summed E-state index contributed by atoms with van der Waals surface area (Å²) in [6.07, 6.45) is 2.49. The van der Waals surface area contributed by atoms with Gasteiger partial charge in [-0.25, -0.2) is 15.0 Å². The van der Waals surface area contributed by atoms with Crippen molar-refractivity contribution < 1.29 is 9.47 Å². The summed E-state index contributed by atoms with van der Waals surface area (Å²) in [6.45, 7) is 0.736. The van der Waals surface area contributed by atoms with E-state index < -0.39 is 0 Å². The standard InChI is InChI=1S/C21H21N5O2/c1-27-16-7-3-14(4-8-16)11-12-22-20-18-21(24-13-23-18)26-19(25-20)15-5-9-17(28-2)10-6-15/h3-10,13H,11-12H2,1-2H3,(H2,22,23,24,25,26). The van der Waals surface area contributed by atoms with Crippen LogP contribution in [0.1, 0.15) is 5.56 Å². The van der Waals surface area contributed by atoms with Gasteiger partial charge in [0.05, 0.1) is 20.5 Å². The molecule has 0 bridgehead atoms.